The molecule has 1 amide bonds. The quantitative estimate of drug-likeness (QED) is 0.884. The molecule has 1 aliphatic heterocycles. The van der Waals surface area contributed by atoms with Crippen molar-refractivity contribution >= 4 is 34.5 Å². The smallest absolute Gasteiger partial charge is 0.234 e. The molecule has 0 aliphatic carbocycles. The van der Waals surface area contributed by atoms with Crippen molar-refractivity contribution in [3.63, 3.8) is 0 Å². The highest BCUT2D eigenvalue weighted by Gasteiger charge is 2.20. The molecular formula is C18H22ClN3OS. The second kappa shape index (κ2) is 8.01. The number of carbonyl (C=O) groups excluding carboxylic acids is 1. The number of hydrogen-bond acceptors (Lipinski definition) is 4. The first-order chi connectivity index (χ1) is 11.6. The van der Waals surface area contributed by atoms with Gasteiger partial charge in [0.2, 0.25) is 5.91 Å². The highest BCUT2D eigenvalue weighted by atomic mass is 35.5. The van der Waals surface area contributed by atoms with E-state index in [0.717, 1.165) is 36.9 Å². The van der Waals surface area contributed by atoms with E-state index in [1.807, 2.05) is 36.6 Å². The number of nitrogens with one attached hydrogen (secondary N) is 1. The standard InChI is InChI=1S/C18H22ClN3OS/c1-14(17-6-3-11-24-17)20-18(23)13-21-7-9-22(10-8-21)16-5-2-4-15(19)12-16/h2-6,11-12,14H,7-10,13H2,1H3,(H,20,23)/t14-/m0/s1. The van der Waals surface area contributed by atoms with E-state index >= 15 is 0 Å². The molecule has 128 valence electrons. The van der Waals surface area contributed by atoms with Crippen LogP contribution in [0.1, 0.15) is 17.8 Å². The van der Waals surface area contributed by atoms with E-state index in [0.29, 0.717) is 6.54 Å². The van der Waals surface area contributed by atoms with Crippen LogP contribution in [0.15, 0.2) is 41.8 Å². The van der Waals surface area contributed by atoms with E-state index in [-0.39, 0.29) is 11.9 Å². The highest BCUT2D eigenvalue weighted by molar-refractivity contribution is 7.10. The summed E-state index contributed by atoms with van der Waals surface area (Å²) in [5, 5.41) is 5.87. The highest BCUT2D eigenvalue weighted by Crippen LogP contribution is 2.21. The van der Waals surface area contributed by atoms with E-state index in [2.05, 4.69) is 27.2 Å². The van der Waals surface area contributed by atoms with Crippen LogP contribution in [0.3, 0.4) is 0 Å². The molecular weight excluding hydrogens is 342 g/mol. The van der Waals surface area contributed by atoms with Crippen LogP contribution in [0.25, 0.3) is 0 Å². The lowest BCUT2D eigenvalue weighted by atomic mass is 10.2. The maximum atomic E-state index is 12.2. The molecule has 1 aromatic carbocycles. The fourth-order valence-corrected chi connectivity index (χ4v) is 3.85. The van der Waals surface area contributed by atoms with Crippen LogP contribution in [-0.2, 0) is 4.79 Å². The molecule has 0 unspecified atom stereocenters. The van der Waals surface area contributed by atoms with Crippen LogP contribution in [0.4, 0.5) is 5.69 Å². The molecule has 1 N–H and O–H groups in total. The van der Waals surface area contributed by atoms with Crippen molar-refractivity contribution in [3.8, 4) is 0 Å². The van der Waals surface area contributed by atoms with Gasteiger partial charge in [0.25, 0.3) is 0 Å². The second-order valence-corrected chi connectivity index (χ2v) is 7.46. The zero-order valence-electron chi connectivity index (χ0n) is 13.7. The number of rotatable bonds is 5. The molecule has 1 aliphatic rings. The Morgan fingerprint density at radius 2 is 2.04 bits per heavy atom. The van der Waals surface area contributed by atoms with Crippen molar-refractivity contribution in [3.05, 3.63) is 51.7 Å². The summed E-state index contributed by atoms with van der Waals surface area (Å²) >= 11 is 7.74. The third-order valence-electron chi connectivity index (χ3n) is 4.26. The number of nitrogens with zero attached hydrogens (tertiary/aromatic N) is 2. The van der Waals surface area contributed by atoms with E-state index in [1.165, 1.54) is 4.88 Å². The fraction of sp³-hybridized carbons (Fsp3) is 0.389. The van der Waals surface area contributed by atoms with E-state index < -0.39 is 0 Å². The van der Waals surface area contributed by atoms with Gasteiger partial charge >= 0.3 is 0 Å². The molecule has 1 fully saturated rings. The number of thiophene rings is 1. The molecule has 6 heteroatoms. The minimum absolute atomic E-state index is 0.0743. The molecule has 0 saturated carbocycles. The summed E-state index contributed by atoms with van der Waals surface area (Å²) in [6.07, 6.45) is 0. The van der Waals surface area contributed by atoms with Gasteiger partial charge in [0, 0.05) is 41.8 Å². The van der Waals surface area contributed by atoms with E-state index in [4.69, 9.17) is 11.6 Å². The molecule has 2 heterocycles. The summed E-state index contributed by atoms with van der Waals surface area (Å²) < 4.78 is 0. The summed E-state index contributed by atoms with van der Waals surface area (Å²) in [5.74, 6) is 0.0899. The molecule has 0 radical (unpaired) electrons. The van der Waals surface area contributed by atoms with Crippen molar-refractivity contribution in [1.82, 2.24) is 10.2 Å². The van der Waals surface area contributed by atoms with Gasteiger partial charge in [-0.2, -0.15) is 0 Å². The number of anilines is 1. The van der Waals surface area contributed by atoms with Gasteiger partial charge in [0.15, 0.2) is 0 Å². The van der Waals surface area contributed by atoms with Crippen molar-refractivity contribution in [2.24, 2.45) is 0 Å². The molecule has 0 bridgehead atoms. The van der Waals surface area contributed by atoms with Crippen LogP contribution in [-0.4, -0.2) is 43.5 Å². The van der Waals surface area contributed by atoms with Gasteiger partial charge in [-0.1, -0.05) is 23.7 Å². The number of amides is 1. The van der Waals surface area contributed by atoms with Crippen LogP contribution in [0, 0.1) is 0 Å². The normalized spacial score (nSPS) is 16.8. The molecule has 4 nitrogen and oxygen atoms in total. The molecule has 1 aromatic heterocycles. The van der Waals surface area contributed by atoms with Crippen LogP contribution >= 0.6 is 22.9 Å². The van der Waals surface area contributed by atoms with Gasteiger partial charge in [-0.05, 0) is 36.6 Å². The van der Waals surface area contributed by atoms with Crippen LogP contribution < -0.4 is 10.2 Å². The number of benzene rings is 1. The number of hydrogen-bond donors (Lipinski definition) is 1. The van der Waals surface area contributed by atoms with Gasteiger partial charge in [-0.3, -0.25) is 9.69 Å². The monoisotopic (exact) mass is 363 g/mol. The largest absolute Gasteiger partial charge is 0.369 e. The van der Waals surface area contributed by atoms with Gasteiger partial charge in [0.05, 0.1) is 12.6 Å². The van der Waals surface area contributed by atoms with Crippen molar-refractivity contribution in [2.75, 3.05) is 37.6 Å². The Kier molecular flexibility index (Phi) is 5.76. The molecule has 1 saturated heterocycles. The molecule has 0 spiro atoms. The Bertz CT molecular complexity index is 669. The predicted molar refractivity (Wildman–Crippen MR) is 101 cm³/mol. The molecule has 2 aromatic rings. The van der Waals surface area contributed by atoms with E-state index in [9.17, 15) is 4.79 Å². The summed E-state index contributed by atoms with van der Waals surface area (Å²) in [7, 11) is 0. The van der Waals surface area contributed by atoms with Gasteiger partial charge in [-0.25, -0.2) is 0 Å². The summed E-state index contributed by atoms with van der Waals surface area (Å²) in [6.45, 7) is 6.07. The first-order valence-corrected chi connectivity index (χ1v) is 9.43. The second-order valence-electron chi connectivity index (χ2n) is 6.05. The third kappa shape index (κ3) is 4.50. The Morgan fingerprint density at radius 3 is 2.71 bits per heavy atom. The Hall–Kier alpha value is -1.56. The lowest BCUT2D eigenvalue weighted by Crippen LogP contribution is -2.49. The predicted octanol–water partition coefficient (Wildman–Crippen LogP) is 3.40. The maximum absolute atomic E-state index is 12.2. The average molecular weight is 364 g/mol. The fourth-order valence-electron chi connectivity index (χ4n) is 2.94. The number of carbonyl (C=O) groups is 1. The van der Waals surface area contributed by atoms with Crippen molar-refractivity contribution in [1.29, 1.82) is 0 Å². The van der Waals surface area contributed by atoms with Crippen molar-refractivity contribution < 1.29 is 4.79 Å². The summed E-state index contributed by atoms with van der Waals surface area (Å²) in [6, 6.07) is 12.1. The van der Waals surface area contributed by atoms with Crippen molar-refractivity contribution in [2.45, 2.75) is 13.0 Å². The Labute approximate surface area is 152 Å². The van der Waals surface area contributed by atoms with Crippen LogP contribution in [0.5, 0.6) is 0 Å². The first-order valence-electron chi connectivity index (χ1n) is 8.17. The van der Waals surface area contributed by atoms with Gasteiger partial charge in [0.1, 0.15) is 0 Å². The zero-order valence-corrected chi connectivity index (χ0v) is 15.3. The molecule has 1 atom stereocenters. The lowest BCUT2D eigenvalue weighted by Gasteiger charge is -2.35. The van der Waals surface area contributed by atoms with Crippen LogP contribution in [0.2, 0.25) is 5.02 Å². The maximum Gasteiger partial charge on any atom is 0.234 e. The molecule has 24 heavy (non-hydrogen) atoms. The third-order valence-corrected chi connectivity index (χ3v) is 5.55. The number of halogens is 1. The summed E-state index contributed by atoms with van der Waals surface area (Å²) in [5.41, 5.74) is 1.15. The first kappa shape index (κ1) is 17.3. The van der Waals surface area contributed by atoms with E-state index in [1.54, 1.807) is 11.3 Å². The average Bonchev–Trinajstić information content (AvgIpc) is 3.10. The molecule has 3 rings (SSSR count). The topological polar surface area (TPSA) is 35.6 Å². The minimum atomic E-state index is 0.0743. The Morgan fingerprint density at radius 1 is 1.25 bits per heavy atom. The lowest BCUT2D eigenvalue weighted by molar-refractivity contribution is -0.122. The number of piperazine rings is 1. The van der Waals surface area contributed by atoms with Gasteiger partial charge in [-0.15, -0.1) is 11.3 Å². The minimum Gasteiger partial charge on any atom is -0.369 e. The SMILES string of the molecule is C[C@H](NC(=O)CN1CCN(c2cccc(Cl)c2)CC1)c1cccs1. The summed E-state index contributed by atoms with van der Waals surface area (Å²) in [4.78, 5) is 17.9. The zero-order chi connectivity index (χ0) is 16.9. The Balaban J connectivity index is 1.46. The van der Waals surface area contributed by atoms with Gasteiger partial charge < -0.3 is 10.2 Å².